The van der Waals surface area contributed by atoms with Gasteiger partial charge >= 0.3 is 0 Å². The molecule has 146 valence electrons. The second-order valence-electron chi connectivity index (χ2n) is 6.96. The van der Waals surface area contributed by atoms with E-state index in [4.69, 9.17) is 9.26 Å². The number of nitrogens with zero attached hydrogens (tertiary/aromatic N) is 3. The molecule has 0 radical (unpaired) electrons. The Labute approximate surface area is 160 Å². The number of aromatic nitrogens is 2. The van der Waals surface area contributed by atoms with Crippen molar-refractivity contribution in [3.8, 4) is 17.1 Å². The van der Waals surface area contributed by atoms with Crippen molar-refractivity contribution in [3.05, 3.63) is 30.2 Å². The highest BCUT2D eigenvalue weighted by Gasteiger charge is 2.22. The molecule has 0 bridgehead atoms. The predicted molar refractivity (Wildman–Crippen MR) is 102 cm³/mol. The van der Waals surface area contributed by atoms with Gasteiger partial charge in [-0.2, -0.15) is 4.98 Å². The molecule has 3 rings (SSSR count). The number of aryl methyl sites for hydroxylation is 1. The zero-order chi connectivity index (χ0) is 19.1. The number of carbonyl (C=O) groups excluding carboxylic acids is 1. The fraction of sp³-hybridized carbons (Fsp3) is 0.550. The number of benzene rings is 1. The van der Waals surface area contributed by atoms with E-state index in [-0.39, 0.29) is 5.91 Å². The Morgan fingerprint density at radius 1 is 1.30 bits per heavy atom. The van der Waals surface area contributed by atoms with E-state index in [2.05, 4.69) is 15.5 Å². The first-order chi connectivity index (χ1) is 13.2. The van der Waals surface area contributed by atoms with Crippen molar-refractivity contribution in [2.75, 3.05) is 33.8 Å². The summed E-state index contributed by atoms with van der Waals surface area (Å²) in [5, 5.41) is 7.21. The molecule has 0 spiro atoms. The van der Waals surface area contributed by atoms with E-state index in [1.807, 2.05) is 36.2 Å². The average molecular weight is 372 g/mol. The molecule has 0 unspecified atom stereocenters. The first-order valence-electron chi connectivity index (χ1n) is 9.59. The monoisotopic (exact) mass is 372 g/mol. The fourth-order valence-electron chi connectivity index (χ4n) is 3.41. The van der Waals surface area contributed by atoms with Gasteiger partial charge in [0.25, 0.3) is 0 Å². The van der Waals surface area contributed by atoms with Crippen molar-refractivity contribution < 1.29 is 14.1 Å². The maximum absolute atomic E-state index is 12.4. The number of hydrogen-bond acceptors (Lipinski definition) is 6. The van der Waals surface area contributed by atoms with Crippen molar-refractivity contribution in [1.29, 1.82) is 0 Å². The summed E-state index contributed by atoms with van der Waals surface area (Å²) in [6.07, 6.45) is 4.26. The molecule has 27 heavy (non-hydrogen) atoms. The van der Waals surface area contributed by atoms with E-state index in [1.165, 1.54) is 6.42 Å². The minimum Gasteiger partial charge on any atom is -0.497 e. The van der Waals surface area contributed by atoms with Gasteiger partial charge in [-0.25, -0.2) is 0 Å². The third-order valence-corrected chi connectivity index (χ3v) is 5.14. The Morgan fingerprint density at radius 3 is 2.70 bits per heavy atom. The summed E-state index contributed by atoms with van der Waals surface area (Å²) in [6.45, 7) is 2.76. The number of carbonyl (C=O) groups is 1. The highest BCUT2D eigenvalue weighted by atomic mass is 16.5. The summed E-state index contributed by atoms with van der Waals surface area (Å²) in [5.74, 6) is 2.71. The quantitative estimate of drug-likeness (QED) is 0.767. The van der Waals surface area contributed by atoms with Crippen LogP contribution in [0.4, 0.5) is 0 Å². The summed E-state index contributed by atoms with van der Waals surface area (Å²) in [6, 6.07) is 7.48. The zero-order valence-electron chi connectivity index (χ0n) is 16.1. The number of amides is 1. The highest BCUT2D eigenvalue weighted by molar-refractivity contribution is 5.76. The molecule has 1 aromatic heterocycles. The van der Waals surface area contributed by atoms with Gasteiger partial charge in [-0.05, 0) is 63.0 Å². The molecule has 7 nitrogen and oxygen atoms in total. The van der Waals surface area contributed by atoms with Crippen molar-refractivity contribution in [1.82, 2.24) is 20.4 Å². The second kappa shape index (κ2) is 9.50. The number of piperidine rings is 1. The number of nitrogens with one attached hydrogen (secondary N) is 1. The van der Waals surface area contributed by atoms with Crippen LogP contribution in [0.15, 0.2) is 28.8 Å². The van der Waals surface area contributed by atoms with Crippen molar-refractivity contribution in [2.24, 2.45) is 5.92 Å². The van der Waals surface area contributed by atoms with Crippen molar-refractivity contribution in [2.45, 2.75) is 32.1 Å². The summed E-state index contributed by atoms with van der Waals surface area (Å²) in [5.41, 5.74) is 0.862. The SMILES string of the molecule is CNCCC1CCN(C(=O)CCc2nc(-c3ccc(OC)cc3)no2)CC1. The maximum Gasteiger partial charge on any atom is 0.227 e. The highest BCUT2D eigenvalue weighted by Crippen LogP contribution is 2.22. The Kier molecular flexibility index (Phi) is 6.81. The van der Waals surface area contributed by atoms with Crippen LogP contribution in [-0.2, 0) is 11.2 Å². The van der Waals surface area contributed by atoms with E-state index in [0.29, 0.717) is 24.6 Å². The predicted octanol–water partition coefficient (Wildman–Crippen LogP) is 2.53. The number of rotatable bonds is 8. The minimum atomic E-state index is 0.172. The molecular weight excluding hydrogens is 344 g/mol. The summed E-state index contributed by atoms with van der Waals surface area (Å²) in [4.78, 5) is 18.8. The van der Waals surface area contributed by atoms with Crippen LogP contribution in [-0.4, -0.2) is 54.7 Å². The molecule has 7 heteroatoms. The van der Waals surface area contributed by atoms with Gasteiger partial charge in [0, 0.05) is 31.5 Å². The molecule has 0 aliphatic carbocycles. The average Bonchev–Trinajstić information content (AvgIpc) is 3.20. The number of methoxy groups -OCH3 is 1. The normalized spacial score (nSPS) is 15.1. The van der Waals surface area contributed by atoms with Crippen LogP contribution in [0, 0.1) is 5.92 Å². The Morgan fingerprint density at radius 2 is 2.04 bits per heavy atom. The summed E-state index contributed by atoms with van der Waals surface area (Å²) >= 11 is 0. The standard InChI is InChI=1S/C20H28N4O3/c1-21-12-9-15-10-13-24(14-11-15)19(25)8-7-18-22-20(23-27-18)16-3-5-17(26-2)6-4-16/h3-6,15,21H,7-14H2,1-2H3. The van der Waals surface area contributed by atoms with Crippen molar-refractivity contribution >= 4 is 5.91 Å². The van der Waals surface area contributed by atoms with Crippen LogP contribution in [0.1, 0.15) is 31.6 Å². The van der Waals surface area contributed by atoms with Gasteiger partial charge in [-0.1, -0.05) is 5.16 Å². The third-order valence-electron chi connectivity index (χ3n) is 5.14. The molecule has 1 aromatic carbocycles. The lowest BCUT2D eigenvalue weighted by atomic mass is 9.93. The van der Waals surface area contributed by atoms with E-state index < -0.39 is 0 Å². The minimum absolute atomic E-state index is 0.172. The lowest BCUT2D eigenvalue weighted by molar-refractivity contribution is -0.132. The van der Waals surface area contributed by atoms with E-state index in [1.54, 1.807) is 7.11 Å². The Hall–Kier alpha value is -2.41. The summed E-state index contributed by atoms with van der Waals surface area (Å²) < 4.78 is 10.5. The van der Waals surface area contributed by atoms with Gasteiger partial charge in [-0.3, -0.25) is 4.79 Å². The molecule has 0 atom stereocenters. The van der Waals surface area contributed by atoms with Gasteiger partial charge in [0.1, 0.15) is 5.75 Å². The molecule has 1 saturated heterocycles. The maximum atomic E-state index is 12.4. The van der Waals surface area contributed by atoms with Crippen molar-refractivity contribution in [3.63, 3.8) is 0 Å². The number of hydrogen-bond donors (Lipinski definition) is 1. The largest absolute Gasteiger partial charge is 0.497 e. The molecule has 2 heterocycles. The second-order valence-corrected chi connectivity index (χ2v) is 6.96. The molecule has 1 aliphatic heterocycles. The zero-order valence-corrected chi connectivity index (χ0v) is 16.1. The van der Waals surface area contributed by atoms with E-state index >= 15 is 0 Å². The molecule has 0 saturated carbocycles. The van der Waals surface area contributed by atoms with Gasteiger partial charge in [-0.15, -0.1) is 0 Å². The van der Waals surface area contributed by atoms with Crippen LogP contribution in [0.3, 0.4) is 0 Å². The molecule has 1 aliphatic rings. The topological polar surface area (TPSA) is 80.5 Å². The van der Waals surface area contributed by atoms with Crippen LogP contribution >= 0.6 is 0 Å². The smallest absolute Gasteiger partial charge is 0.227 e. The van der Waals surface area contributed by atoms with Gasteiger partial charge < -0.3 is 19.5 Å². The number of ether oxygens (including phenoxy) is 1. The lowest BCUT2D eigenvalue weighted by Gasteiger charge is -2.32. The lowest BCUT2D eigenvalue weighted by Crippen LogP contribution is -2.39. The van der Waals surface area contributed by atoms with E-state index in [9.17, 15) is 4.79 Å². The first kappa shape index (κ1) is 19.4. The van der Waals surface area contributed by atoms with Crippen LogP contribution < -0.4 is 10.1 Å². The fourth-order valence-corrected chi connectivity index (χ4v) is 3.41. The third kappa shape index (κ3) is 5.29. The van der Waals surface area contributed by atoms with Crippen LogP contribution in [0.5, 0.6) is 5.75 Å². The first-order valence-corrected chi connectivity index (χ1v) is 9.59. The van der Waals surface area contributed by atoms with Gasteiger partial charge in [0.2, 0.25) is 17.6 Å². The van der Waals surface area contributed by atoms with Crippen LogP contribution in [0.25, 0.3) is 11.4 Å². The van der Waals surface area contributed by atoms with Gasteiger partial charge in [0.05, 0.1) is 7.11 Å². The number of likely N-dealkylation sites (tertiary alicyclic amines) is 1. The molecule has 2 aromatic rings. The van der Waals surface area contributed by atoms with Crippen LogP contribution in [0.2, 0.25) is 0 Å². The Balaban J connectivity index is 1.46. The molecule has 1 amide bonds. The van der Waals surface area contributed by atoms with E-state index in [0.717, 1.165) is 49.7 Å². The molecule has 1 fully saturated rings. The molecular formula is C20H28N4O3. The summed E-state index contributed by atoms with van der Waals surface area (Å²) in [7, 11) is 3.61. The Bertz CT molecular complexity index is 721. The van der Waals surface area contributed by atoms with Gasteiger partial charge in [0.15, 0.2) is 0 Å². The molecule has 1 N–H and O–H groups in total.